The highest BCUT2D eigenvalue weighted by atomic mass is 16.5. The van der Waals surface area contributed by atoms with Crippen molar-refractivity contribution < 1.29 is 9.47 Å². The molecule has 0 amide bonds. The Morgan fingerprint density at radius 2 is 1.77 bits per heavy atom. The van der Waals surface area contributed by atoms with Gasteiger partial charge in [0.25, 0.3) is 0 Å². The van der Waals surface area contributed by atoms with Gasteiger partial charge in [0.2, 0.25) is 0 Å². The van der Waals surface area contributed by atoms with Gasteiger partial charge in [-0.2, -0.15) is 0 Å². The van der Waals surface area contributed by atoms with Gasteiger partial charge >= 0.3 is 0 Å². The highest BCUT2D eigenvalue weighted by molar-refractivity contribution is 5.49. The van der Waals surface area contributed by atoms with Crippen molar-refractivity contribution >= 4 is 0 Å². The summed E-state index contributed by atoms with van der Waals surface area (Å²) in [5.74, 6) is 2.50. The van der Waals surface area contributed by atoms with Crippen LogP contribution in [0.4, 0.5) is 0 Å². The summed E-state index contributed by atoms with van der Waals surface area (Å²) in [6.45, 7) is 3.52. The molecule has 5 rings (SSSR count). The molecule has 1 N–H and O–H groups in total. The van der Waals surface area contributed by atoms with Crippen LogP contribution in [-0.4, -0.2) is 38.8 Å². The maximum Gasteiger partial charge on any atom is 0.161 e. The quantitative estimate of drug-likeness (QED) is 0.782. The normalized spacial score (nSPS) is 25.7. The number of nitrogens with zero attached hydrogens (tertiary/aromatic N) is 1. The zero-order chi connectivity index (χ0) is 20.5. The van der Waals surface area contributed by atoms with Gasteiger partial charge in [0.15, 0.2) is 11.5 Å². The molecule has 30 heavy (non-hydrogen) atoms. The van der Waals surface area contributed by atoms with Crippen molar-refractivity contribution in [3.05, 3.63) is 58.7 Å². The first-order valence-corrected chi connectivity index (χ1v) is 11.6. The van der Waals surface area contributed by atoms with Crippen LogP contribution < -0.4 is 14.8 Å². The van der Waals surface area contributed by atoms with Crippen LogP contribution in [0.3, 0.4) is 0 Å². The summed E-state index contributed by atoms with van der Waals surface area (Å²) in [5, 5.41) is 3.76. The summed E-state index contributed by atoms with van der Waals surface area (Å²) in [5.41, 5.74) is 5.97. The molecule has 3 aliphatic rings. The van der Waals surface area contributed by atoms with Gasteiger partial charge in [0.1, 0.15) is 0 Å². The lowest BCUT2D eigenvalue weighted by molar-refractivity contribution is 0.0926. The maximum absolute atomic E-state index is 5.57. The zero-order valence-corrected chi connectivity index (χ0v) is 18.3. The van der Waals surface area contributed by atoms with Crippen molar-refractivity contribution in [2.24, 2.45) is 5.92 Å². The Bertz CT molecular complexity index is 897. The minimum atomic E-state index is 0.424. The minimum Gasteiger partial charge on any atom is -0.493 e. The van der Waals surface area contributed by atoms with Gasteiger partial charge in [-0.25, -0.2) is 0 Å². The van der Waals surface area contributed by atoms with Crippen molar-refractivity contribution in [1.29, 1.82) is 0 Å². The van der Waals surface area contributed by atoms with Crippen LogP contribution in [0.25, 0.3) is 0 Å². The molecule has 0 radical (unpaired) electrons. The smallest absolute Gasteiger partial charge is 0.161 e. The molecule has 4 nitrogen and oxygen atoms in total. The molecule has 3 atom stereocenters. The van der Waals surface area contributed by atoms with Gasteiger partial charge in [0, 0.05) is 25.2 Å². The van der Waals surface area contributed by atoms with E-state index in [2.05, 4.69) is 46.6 Å². The summed E-state index contributed by atoms with van der Waals surface area (Å²) >= 11 is 0. The first kappa shape index (κ1) is 19.9. The highest BCUT2D eigenvalue weighted by Crippen LogP contribution is 2.41. The average molecular weight is 407 g/mol. The lowest BCUT2D eigenvalue weighted by Crippen LogP contribution is -2.42. The molecule has 0 aliphatic carbocycles. The molecule has 0 bridgehead atoms. The first-order chi connectivity index (χ1) is 14.8. The predicted octanol–water partition coefficient (Wildman–Crippen LogP) is 4.68. The van der Waals surface area contributed by atoms with Crippen molar-refractivity contribution in [2.75, 3.05) is 33.9 Å². The van der Waals surface area contributed by atoms with E-state index in [1.807, 2.05) is 0 Å². The highest BCUT2D eigenvalue weighted by Gasteiger charge is 2.33. The van der Waals surface area contributed by atoms with Crippen molar-refractivity contribution in [1.82, 2.24) is 10.2 Å². The van der Waals surface area contributed by atoms with Crippen LogP contribution in [0.15, 0.2) is 36.4 Å². The average Bonchev–Trinajstić information content (AvgIpc) is 2.81. The number of hydrogen-bond acceptors (Lipinski definition) is 4. The van der Waals surface area contributed by atoms with Gasteiger partial charge < -0.3 is 14.8 Å². The Hall–Kier alpha value is -2.04. The standard InChI is InChI=1S/C26H34N2O2/c1-29-25-15-20-11-13-27-23(22(20)16-26(25)30-2)9-7-18-8-10-24-21-6-4-3-5-19(21)12-14-28(24)17-18/h3-6,15-16,18,23-24,27H,7-14,17H2,1-2H3/t18-,23+,24+/m0/s1. The van der Waals surface area contributed by atoms with E-state index in [0.717, 1.165) is 30.4 Å². The summed E-state index contributed by atoms with van der Waals surface area (Å²) in [6, 6.07) is 14.5. The number of hydrogen-bond donors (Lipinski definition) is 1. The maximum atomic E-state index is 5.57. The van der Waals surface area contributed by atoms with Crippen LogP contribution in [-0.2, 0) is 12.8 Å². The third-order valence-corrected chi connectivity index (χ3v) is 7.53. The van der Waals surface area contributed by atoms with E-state index in [0.29, 0.717) is 12.1 Å². The summed E-state index contributed by atoms with van der Waals surface area (Å²) in [7, 11) is 3.45. The van der Waals surface area contributed by atoms with Crippen LogP contribution in [0.1, 0.15) is 60.0 Å². The van der Waals surface area contributed by atoms with E-state index in [9.17, 15) is 0 Å². The van der Waals surface area contributed by atoms with E-state index >= 15 is 0 Å². The third-order valence-electron chi connectivity index (χ3n) is 7.53. The lowest BCUT2D eigenvalue weighted by atomic mass is 9.81. The fraction of sp³-hybridized carbons (Fsp3) is 0.538. The number of benzene rings is 2. The molecular formula is C26H34N2O2. The molecule has 3 aliphatic heterocycles. The Morgan fingerprint density at radius 3 is 2.63 bits per heavy atom. The largest absolute Gasteiger partial charge is 0.493 e. The molecule has 4 heteroatoms. The van der Waals surface area contributed by atoms with E-state index < -0.39 is 0 Å². The number of methoxy groups -OCH3 is 2. The molecule has 1 saturated heterocycles. The number of rotatable bonds is 5. The second-order valence-corrected chi connectivity index (χ2v) is 9.14. The molecule has 0 saturated carbocycles. The molecule has 2 aromatic carbocycles. The fourth-order valence-corrected chi connectivity index (χ4v) is 5.94. The molecular weight excluding hydrogens is 372 g/mol. The lowest BCUT2D eigenvalue weighted by Gasteiger charge is -2.44. The minimum absolute atomic E-state index is 0.424. The monoisotopic (exact) mass is 406 g/mol. The van der Waals surface area contributed by atoms with E-state index in [-0.39, 0.29) is 0 Å². The number of ether oxygens (including phenoxy) is 2. The molecule has 160 valence electrons. The molecule has 3 heterocycles. The Kier molecular flexibility index (Phi) is 5.70. The summed E-state index contributed by atoms with van der Waals surface area (Å²) < 4.78 is 11.1. The third kappa shape index (κ3) is 3.72. The fourth-order valence-electron chi connectivity index (χ4n) is 5.94. The zero-order valence-electron chi connectivity index (χ0n) is 18.3. The van der Waals surface area contributed by atoms with Crippen molar-refractivity contribution in [3.63, 3.8) is 0 Å². The van der Waals surface area contributed by atoms with Crippen molar-refractivity contribution in [2.45, 2.75) is 50.6 Å². The second kappa shape index (κ2) is 8.60. The van der Waals surface area contributed by atoms with Crippen LogP contribution >= 0.6 is 0 Å². The molecule has 0 aromatic heterocycles. The molecule has 0 spiro atoms. The van der Waals surface area contributed by atoms with Crippen LogP contribution in [0.5, 0.6) is 11.5 Å². The van der Waals surface area contributed by atoms with Crippen LogP contribution in [0, 0.1) is 5.92 Å². The van der Waals surface area contributed by atoms with Crippen molar-refractivity contribution in [3.8, 4) is 11.5 Å². The number of fused-ring (bicyclic) bond motifs is 4. The SMILES string of the molecule is COc1cc2c(cc1OC)[C@@H](CC[C@H]1CC[C@@H]3c4ccccc4CCN3C1)NCC2. The topological polar surface area (TPSA) is 33.7 Å². The Balaban J connectivity index is 1.24. The van der Waals surface area contributed by atoms with Gasteiger partial charge in [0.05, 0.1) is 14.2 Å². The van der Waals surface area contributed by atoms with Gasteiger partial charge in [-0.15, -0.1) is 0 Å². The summed E-state index contributed by atoms with van der Waals surface area (Å²) in [6.07, 6.45) is 7.41. The number of piperidine rings is 1. The van der Waals surface area contributed by atoms with E-state index in [1.54, 1.807) is 25.3 Å². The van der Waals surface area contributed by atoms with Gasteiger partial charge in [-0.1, -0.05) is 24.3 Å². The summed E-state index contributed by atoms with van der Waals surface area (Å²) in [4.78, 5) is 2.76. The second-order valence-electron chi connectivity index (χ2n) is 9.14. The van der Waals surface area contributed by atoms with E-state index in [1.165, 1.54) is 56.3 Å². The molecule has 0 unspecified atom stereocenters. The van der Waals surface area contributed by atoms with Gasteiger partial charge in [-0.3, -0.25) is 4.90 Å². The predicted molar refractivity (Wildman–Crippen MR) is 120 cm³/mol. The molecule has 2 aromatic rings. The Morgan fingerprint density at radius 1 is 0.933 bits per heavy atom. The number of nitrogens with one attached hydrogen (secondary N) is 1. The first-order valence-electron chi connectivity index (χ1n) is 11.6. The van der Waals surface area contributed by atoms with Crippen LogP contribution in [0.2, 0.25) is 0 Å². The molecule has 1 fully saturated rings. The Labute approximate surface area is 180 Å². The van der Waals surface area contributed by atoms with E-state index in [4.69, 9.17) is 9.47 Å². The van der Waals surface area contributed by atoms with Gasteiger partial charge in [-0.05, 0) is 85.4 Å².